The fourth-order valence-electron chi connectivity index (χ4n) is 2.26. The molecule has 0 unspecified atom stereocenters. The van der Waals surface area contributed by atoms with E-state index in [-0.39, 0.29) is 30.8 Å². The van der Waals surface area contributed by atoms with Crippen molar-refractivity contribution in [2.75, 3.05) is 13.2 Å². The van der Waals surface area contributed by atoms with Gasteiger partial charge in [-0.15, -0.1) is 0 Å². The fourth-order valence-corrected chi connectivity index (χ4v) is 2.26. The Labute approximate surface area is 136 Å². The highest BCUT2D eigenvalue weighted by atomic mass is 16.8. The van der Waals surface area contributed by atoms with Crippen molar-refractivity contribution in [3.8, 4) is 5.75 Å². The Hall–Kier alpha value is -1.92. The van der Waals surface area contributed by atoms with E-state index in [1.54, 1.807) is 24.3 Å². The van der Waals surface area contributed by atoms with Crippen LogP contribution in [0.15, 0.2) is 24.3 Å². The van der Waals surface area contributed by atoms with Gasteiger partial charge in [0.25, 0.3) is 0 Å². The molecule has 23 heavy (non-hydrogen) atoms. The zero-order chi connectivity index (χ0) is 16.5. The Bertz CT molecular complexity index is 508. The Morgan fingerprint density at radius 1 is 1.22 bits per heavy atom. The molecule has 1 heterocycles. The van der Waals surface area contributed by atoms with Crippen molar-refractivity contribution in [2.24, 2.45) is 0 Å². The average Bonchev–Trinajstić information content (AvgIpc) is 2.59. The number of hydrogen-bond acceptors (Lipinski definition) is 5. The molecular weight excluding hydrogens is 298 g/mol. The summed E-state index contributed by atoms with van der Waals surface area (Å²) in [4.78, 5) is 28.9. The van der Waals surface area contributed by atoms with Crippen LogP contribution in [0, 0.1) is 0 Å². The average molecular weight is 321 g/mol. The molecule has 0 spiro atoms. The third-order valence-electron chi connectivity index (χ3n) is 3.51. The molecule has 1 aromatic carbocycles. The molecule has 2 rings (SSSR count). The molecule has 1 amide bonds. The van der Waals surface area contributed by atoms with Gasteiger partial charge in [0.1, 0.15) is 5.75 Å². The van der Waals surface area contributed by atoms with E-state index in [0.717, 1.165) is 25.0 Å². The summed E-state index contributed by atoms with van der Waals surface area (Å²) in [7, 11) is 0. The van der Waals surface area contributed by atoms with Crippen LogP contribution in [0.5, 0.6) is 5.75 Å². The highest BCUT2D eigenvalue weighted by Crippen LogP contribution is 2.14. The Morgan fingerprint density at radius 3 is 2.65 bits per heavy atom. The van der Waals surface area contributed by atoms with Gasteiger partial charge in [-0.25, -0.2) is 10.3 Å². The molecule has 1 saturated heterocycles. The number of amides is 1. The van der Waals surface area contributed by atoms with Gasteiger partial charge in [0.2, 0.25) is 5.91 Å². The second-order valence-corrected chi connectivity index (χ2v) is 5.32. The lowest BCUT2D eigenvalue weighted by Crippen LogP contribution is -2.33. The lowest BCUT2D eigenvalue weighted by atomic mass is 10.1. The summed E-state index contributed by atoms with van der Waals surface area (Å²) in [5.74, 6) is 0.318. The van der Waals surface area contributed by atoms with E-state index in [1.165, 1.54) is 0 Å². The summed E-state index contributed by atoms with van der Waals surface area (Å²) in [6, 6.07) is 6.91. The van der Waals surface area contributed by atoms with Crippen molar-refractivity contribution >= 4 is 11.7 Å². The fraction of sp³-hybridized carbons (Fsp3) is 0.529. The molecule has 1 aromatic rings. The summed E-state index contributed by atoms with van der Waals surface area (Å²) in [6.45, 7) is 3.13. The van der Waals surface area contributed by atoms with Crippen LogP contribution in [0.3, 0.4) is 0 Å². The molecule has 1 fully saturated rings. The van der Waals surface area contributed by atoms with E-state index in [9.17, 15) is 9.59 Å². The standard InChI is InChI=1S/C17H23NO5/c1-2-21-14-8-6-13(7-9-14)15(19)10-11-16(20)18-23-17-5-3-4-12-22-17/h6-9,17H,2-5,10-12H2,1H3,(H,18,20)/t17-/m0/s1. The van der Waals surface area contributed by atoms with Crippen molar-refractivity contribution in [3.63, 3.8) is 0 Å². The number of carbonyl (C=O) groups is 2. The first-order valence-corrected chi connectivity index (χ1v) is 8.01. The minimum Gasteiger partial charge on any atom is -0.494 e. The van der Waals surface area contributed by atoms with Gasteiger partial charge in [-0.3, -0.25) is 9.59 Å². The molecule has 0 aromatic heterocycles. The first-order valence-electron chi connectivity index (χ1n) is 8.01. The van der Waals surface area contributed by atoms with Crippen LogP contribution in [-0.4, -0.2) is 31.2 Å². The third kappa shape index (κ3) is 6.00. The van der Waals surface area contributed by atoms with Crippen LogP contribution in [0.2, 0.25) is 0 Å². The lowest BCUT2D eigenvalue weighted by molar-refractivity contribution is -0.200. The molecule has 1 aliphatic heterocycles. The van der Waals surface area contributed by atoms with Gasteiger partial charge in [-0.1, -0.05) is 0 Å². The molecule has 1 atom stereocenters. The molecule has 6 nitrogen and oxygen atoms in total. The molecule has 1 N–H and O–H groups in total. The maximum absolute atomic E-state index is 12.0. The number of rotatable bonds is 8. The lowest BCUT2D eigenvalue weighted by Gasteiger charge is -2.22. The molecule has 0 bridgehead atoms. The largest absolute Gasteiger partial charge is 0.494 e. The van der Waals surface area contributed by atoms with Crippen LogP contribution in [0.25, 0.3) is 0 Å². The van der Waals surface area contributed by atoms with E-state index >= 15 is 0 Å². The SMILES string of the molecule is CCOc1ccc(C(=O)CCC(=O)NO[C@H]2CCCCO2)cc1. The van der Waals surface area contributed by atoms with Gasteiger partial charge in [0, 0.05) is 31.4 Å². The van der Waals surface area contributed by atoms with Crippen molar-refractivity contribution in [1.82, 2.24) is 5.48 Å². The van der Waals surface area contributed by atoms with Gasteiger partial charge in [0.05, 0.1) is 6.61 Å². The number of ketones is 1. The minimum atomic E-state index is -0.380. The molecule has 126 valence electrons. The third-order valence-corrected chi connectivity index (χ3v) is 3.51. The van der Waals surface area contributed by atoms with Gasteiger partial charge < -0.3 is 9.47 Å². The summed E-state index contributed by atoms with van der Waals surface area (Å²) in [5.41, 5.74) is 2.92. The smallest absolute Gasteiger partial charge is 0.244 e. The Morgan fingerprint density at radius 2 is 2.00 bits per heavy atom. The zero-order valence-corrected chi connectivity index (χ0v) is 13.4. The zero-order valence-electron chi connectivity index (χ0n) is 13.4. The number of hydroxylamine groups is 1. The molecule has 0 radical (unpaired) electrons. The maximum Gasteiger partial charge on any atom is 0.244 e. The normalized spacial score (nSPS) is 17.5. The highest BCUT2D eigenvalue weighted by Gasteiger charge is 2.16. The number of benzene rings is 1. The van der Waals surface area contributed by atoms with E-state index in [4.69, 9.17) is 14.3 Å². The summed E-state index contributed by atoms with van der Waals surface area (Å²) in [6.07, 6.45) is 2.65. The van der Waals surface area contributed by atoms with Crippen LogP contribution in [0.1, 0.15) is 49.4 Å². The second kappa shape index (κ2) is 9.27. The maximum atomic E-state index is 12.0. The van der Waals surface area contributed by atoms with Crippen molar-refractivity contribution in [1.29, 1.82) is 0 Å². The van der Waals surface area contributed by atoms with Gasteiger partial charge in [-0.05, 0) is 44.0 Å². The minimum absolute atomic E-state index is 0.0821. The Balaban J connectivity index is 1.69. The topological polar surface area (TPSA) is 73.9 Å². The second-order valence-electron chi connectivity index (χ2n) is 5.32. The van der Waals surface area contributed by atoms with Crippen molar-refractivity contribution in [3.05, 3.63) is 29.8 Å². The highest BCUT2D eigenvalue weighted by molar-refractivity contribution is 5.97. The summed E-state index contributed by atoms with van der Waals surface area (Å²) < 4.78 is 10.7. The summed E-state index contributed by atoms with van der Waals surface area (Å²) in [5, 5.41) is 0. The van der Waals surface area contributed by atoms with Crippen LogP contribution < -0.4 is 10.2 Å². The summed E-state index contributed by atoms with van der Waals surface area (Å²) >= 11 is 0. The van der Waals surface area contributed by atoms with Crippen LogP contribution in [0.4, 0.5) is 0 Å². The first kappa shape index (κ1) is 17.4. The number of nitrogens with one attached hydrogen (secondary N) is 1. The van der Waals surface area contributed by atoms with E-state index in [2.05, 4.69) is 5.48 Å². The molecule has 0 saturated carbocycles. The first-order chi connectivity index (χ1) is 11.2. The monoisotopic (exact) mass is 321 g/mol. The molecule has 0 aliphatic carbocycles. The molecule has 1 aliphatic rings. The Kier molecular flexibility index (Phi) is 7.03. The van der Waals surface area contributed by atoms with Crippen LogP contribution >= 0.6 is 0 Å². The molecular formula is C17H23NO5. The van der Waals surface area contributed by atoms with Gasteiger partial charge in [-0.2, -0.15) is 0 Å². The van der Waals surface area contributed by atoms with Gasteiger partial charge >= 0.3 is 0 Å². The quantitative estimate of drug-likeness (QED) is 0.588. The molecule has 6 heteroatoms. The predicted molar refractivity (Wildman–Crippen MR) is 84.0 cm³/mol. The van der Waals surface area contributed by atoms with E-state index in [0.29, 0.717) is 18.8 Å². The number of carbonyl (C=O) groups excluding carboxylic acids is 2. The number of hydrogen-bond donors (Lipinski definition) is 1. The van der Waals surface area contributed by atoms with Gasteiger partial charge in [0.15, 0.2) is 12.1 Å². The van der Waals surface area contributed by atoms with Crippen molar-refractivity contribution < 1.29 is 23.9 Å². The van der Waals surface area contributed by atoms with E-state index in [1.807, 2.05) is 6.92 Å². The van der Waals surface area contributed by atoms with E-state index < -0.39 is 0 Å². The number of ether oxygens (including phenoxy) is 2. The van der Waals surface area contributed by atoms with Crippen LogP contribution in [-0.2, 0) is 14.4 Å². The van der Waals surface area contributed by atoms with Crippen molar-refractivity contribution in [2.45, 2.75) is 45.3 Å². The number of Topliss-reactive ketones (excluding diaryl/α,β-unsaturated/α-hetero) is 1. The predicted octanol–water partition coefficient (Wildman–Crippen LogP) is 2.62.